The topological polar surface area (TPSA) is 61.3 Å². The largest absolute Gasteiger partial charge is 0.489 e. The number of nitrogen functional groups attached to an aromatic ring is 1. The average molecular weight is 192 g/mol. The number of rotatable bonds is 2. The number of nitrogens with two attached hydrogens (primary N) is 2. The highest BCUT2D eigenvalue weighted by molar-refractivity contribution is 5.41. The summed E-state index contributed by atoms with van der Waals surface area (Å²) in [4.78, 5) is 0. The molecule has 4 N–H and O–H groups in total. The van der Waals surface area contributed by atoms with E-state index in [0.29, 0.717) is 0 Å². The van der Waals surface area contributed by atoms with Gasteiger partial charge in [0.2, 0.25) is 0 Å². The molecule has 1 aliphatic carbocycles. The van der Waals surface area contributed by atoms with Gasteiger partial charge in [-0.1, -0.05) is 0 Å². The number of hydrogen-bond donors (Lipinski definition) is 2. The number of anilines is 1. The van der Waals surface area contributed by atoms with Gasteiger partial charge in [-0.25, -0.2) is 0 Å². The van der Waals surface area contributed by atoms with Crippen molar-refractivity contribution in [2.24, 2.45) is 5.73 Å². The molecular formula is C11H16N2O. The van der Waals surface area contributed by atoms with Crippen LogP contribution in [0, 0.1) is 0 Å². The van der Waals surface area contributed by atoms with Crippen LogP contribution in [0.4, 0.5) is 5.69 Å². The van der Waals surface area contributed by atoms with Crippen LogP contribution in [0.1, 0.15) is 19.3 Å². The van der Waals surface area contributed by atoms with E-state index in [1.165, 1.54) is 6.42 Å². The maximum absolute atomic E-state index is 5.91. The first-order chi connectivity index (χ1) is 6.75. The van der Waals surface area contributed by atoms with Crippen LogP contribution in [0.3, 0.4) is 0 Å². The highest BCUT2D eigenvalue weighted by Gasteiger charge is 2.25. The molecule has 1 aromatic carbocycles. The van der Waals surface area contributed by atoms with Gasteiger partial charge in [-0.3, -0.25) is 0 Å². The summed E-state index contributed by atoms with van der Waals surface area (Å²) in [7, 11) is 0. The Bertz CT molecular complexity index is 297. The summed E-state index contributed by atoms with van der Waals surface area (Å²) >= 11 is 0. The van der Waals surface area contributed by atoms with Crippen molar-refractivity contribution in [2.45, 2.75) is 31.4 Å². The smallest absolute Gasteiger partial charge is 0.119 e. The molecule has 1 aromatic rings. The monoisotopic (exact) mass is 192 g/mol. The highest BCUT2D eigenvalue weighted by Crippen LogP contribution is 2.23. The van der Waals surface area contributed by atoms with Gasteiger partial charge < -0.3 is 16.2 Å². The zero-order valence-electron chi connectivity index (χ0n) is 8.15. The van der Waals surface area contributed by atoms with Crippen LogP contribution in [-0.4, -0.2) is 12.1 Å². The molecule has 0 bridgehead atoms. The molecule has 14 heavy (non-hydrogen) atoms. The summed E-state index contributed by atoms with van der Waals surface area (Å²) in [5.74, 6) is 0.863. The number of benzene rings is 1. The van der Waals surface area contributed by atoms with E-state index in [2.05, 4.69) is 0 Å². The van der Waals surface area contributed by atoms with Gasteiger partial charge in [0.15, 0.2) is 0 Å². The van der Waals surface area contributed by atoms with Crippen LogP contribution in [0.2, 0.25) is 0 Å². The lowest BCUT2D eigenvalue weighted by molar-refractivity contribution is 0.192. The fourth-order valence-electron chi connectivity index (χ4n) is 1.82. The second kappa shape index (κ2) is 3.88. The van der Waals surface area contributed by atoms with Crippen LogP contribution >= 0.6 is 0 Å². The third-order valence-electron chi connectivity index (χ3n) is 2.67. The number of hydrogen-bond acceptors (Lipinski definition) is 3. The molecule has 3 nitrogen and oxygen atoms in total. The van der Waals surface area contributed by atoms with E-state index in [4.69, 9.17) is 16.2 Å². The fraction of sp³-hybridized carbons (Fsp3) is 0.455. The summed E-state index contributed by atoms with van der Waals surface area (Å²) in [5, 5.41) is 0. The van der Waals surface area contributed by atoms with Gasteiger partial charge in [0.1, 0.15) is 11.9 Å². The van der Waals surface area contributed by atoms with Crippen molar-refractivity contribution in [1.82, 2.24) is 0 Å². The summed E-state index contributed by atoms with van der Waals surface area (Å²) in [6, 6.07) is 7.65. The first-order valence-electron chi connectivity index (χ1n) is 5.03. The second-order valence-electron chi connectivity index (χ2n) is 3.82. The molecule has 0 saturated heterocycles. The Balaban J connectivity index is 2.00. The van der Waals surface area contributed by atoms with E-state index in [0.717, 1.165) is 24.3 Å². The summed E-state index contributed by atoms with van der Waals surface area (Å²) < 4.78 is 5.76. The minimum absolute atomic E-state index is 0.179. The molecule has 0 radical (unpaired) electrons. The Morgan fingerprint density at radius 2 is 1.86 bits per heavy atom. The zero-order valence-corrected chi connectivity index (χ0v) is 8.15. The van der Waals surface area contributed by atoms with E-state index >= 15 is 0 Å². The Morgan fingerprint density at radius 3 is 2.43 bits per heavy atom. The second-order valence-corrected chi connectivity index (χ2v) is 3.82. The molecule has 0 aromatic heterocycles. The van der Waals surface area contributed by atoms with Crippen molar-refractivity contribution in [1.29, 1.82) is 0 Å². The lowest BCUT2D eigenvalue weighted by Gasteiger charge is -2.17. The average Bonchev–Trinajstić information content (AvgIpc) is 2.56. The lowest BCUT2D eigenvalue weighted by Crippen LogP contribution is -2.33. The predicted octanol–water partition coefficient (Wildman–Crippen LogP) is 1.53. The van der Waals surface area contributed by atoms with Crippen molar-refractivity contribution < 1.29 is 4.74 Å². The molecule has 2 rings (SSSR count). The van der Waals surface area contributed by atoms with Gasteiger partial charge in [0, 0.05) is 11.7 Å². The van der Waals surface area contributed by atoms with Gasteiger partial charge in [-0.2, -0.15) is 0 Å². The molecular weight excluding hydrogens is 176 g/mol. The van der Waals surface area contributed by atoms with Crippen LogP contribution in [0.5, 0.6) is 5.75 Å². The molecule has 0 amide bonds. The zero-order chi connectivity index (χ0) is 9.97. The minimum Gasteiger partial charge on any atom is -0.489 e. The van der Waals surface area contributed by atoms with E-state index in [1.54, 1.807) is 0 Å². The van der Waals surface area contributed by atoms with Gasteiger partial charge in [0.05, 0.1) is 0 Å². The molecule has 76 valence electrons. The lowest BCUT2D eigenvalue weighted by atomic mass is 10.2. The quantitative estimate of drug-likeness (QED) is 0.698. The van der Waals surface area contributed by atoms with Crippen LogP contribution in [0.25, 0.3) is 0 Å². The van der Waals surface area contributed by atoms with Gasteiger partial charge in [-0.05, 0) is 43.5 Å². The van der Waals surface area contributed by atoms with Crippen molar-refractivity contribution in [2.75, 3.05) is 5.73 Å². The van der Waals surface area contributed by atoms with Crippen molar-refractivity contribution >= 4 is 5.69 Å². The first kappa shape index (κ1) is 9.34. The van der Waals surface area contributed by atoms with Gasteiger partial charge >= 0.3 is 0 Å². The van der Waals surface area contributed by atoms with Crippen molar-refractivity contribution in [3.63, 3.8) is 0 Å². The maximum atomic E-state index is 5.91. The predicted molar refractivity (Wildman–Crippen MR) is 57.1 cm³/mol. The van der Waals surface area contributed by atoms with Crippen LogP contribution in [0.15, 0.2) is 24.3 Å². The third-order valence-corrected chi connectivity index (χ3v) is 2.67. The molecule has 0 unspecified atom stereocenters. The summed E-state index contributed by atoms with van der Waals surface area (Å²) in [6.45, 7) is 0. The molecule has 0 spiro atoms. The molecule has 1 fully saturated rings. The molecule has 1 aliphatic rings. The molecule has 1 saturated carbocycles. The van der Waals surface area contributed by atoms with Gasteiger partial charge in [-0.15, -0.1) is 0 Å². The molecule has 2 atom stereocenters. The Labute approximate surface area is 84.0 Å². The molecule has 0 aliphatic heterocycles. The van der Waals surface area contributed by atoms with E-state index < -0.39 is 0 Å². The highest BCUT2D eigenvalue weighted by atomic mass is 16.5. The normalized spacial score (nSPS) is 26.4. The first-order valence-corrected chi connectivity index (χ1v) is 5.03. The molecule has 0 heterocycles. The maximum Gasteiger partial charge on any atom is 0.119 e. The SMILES string of the molecule is Nc1ccc(O[C@H]2CCC[C@H]2N)cc1. The minimum atomic E-state index is 0.179. The third kappa shape index (κ3) is 1.99. The van der Waals surface area contributed by atoms with Crippen molar-refractivity contribution in [3.05, 3.63) is 24.3 Å². The Hall–Kier alpha value is -1.22. The van der Waals surface area contributed by atoms with Crippen LogP contribution in [-0.2, 0) is 0 Å². The summed E-state index contributed by atoms with van der Waals surface area (Å²) in [6.07, 6.45) is 3.48. The standard InChI is InChI=1S/C11H16N2O/c12-8-4-6-9(7-5-8)14-11-3-1-2-10(11)13/h4-7,10-11H,1-3,12-13H2/t10-,11+/m1/s1. The van der Waals surface area contributed by atoms with Crippen molar-refractivity contribution in [3.8, 4) is 5.75 Å². The number of ether oxygens (including phenoxy) is 1. The van der Waals surface area contributed by atoms with Crippen LogP contribution < -0.4 is 16.2 Å². The van der Waals surface area contributed by atoms with E-state index in [1.807, 2.05) is 24.3 Å². The Kier molecular flexibility index (Phi) is 2.59. The van der Waals surface area contributed by atoms with Gasteiger partial charge in [0.25, 0.3) is 0 Å². The Morgan fingerprint density at radius 1 is 1.14 bits per heavy atom. The van der Waals surface area contributed by atoms with E-state index in [-0.39, 0.29) is 12.1 Å². The van der Waals surface area contributed by atoms with E-state index in [9.17, 15) is 0 Å². The fourth-order valence-corrected chi connectivity index (χ4v) is 1.82. The molecule has 3 heteroatoms. The summed E-state index contributed by atoms with van der Waals surface area (Å²) in [5.41, 5.74) is 12.2.